The first-order valence-corrected chi connectivity index (χ1v) is 6.49. The Morgan fingerprint density at radius 3 is 2.56 bits per heavy atom. The molecule has 1 aromatic rings. The van der Waals surface area contributed by atoms with E-state index < -0.39 is 15.3 Å². The molecule has 0 aromatic carbocycles. The van der Waals surface area contributed by atoms with Crippen LogP contribution in [0.1, 0.15) is 18.4 Å². The second-order valence-corrected chi connectivity index (χ2v) is 6.26. The summed E-state index contributed by atoms with van der Waals surface area (Å²) in [6, 6.07) is 3.52. The number of furan rings is 1. The van der Waals surface area contributed by atoms with Gasteiger partial charge in [-0.25, -0.2) is 8.42 Å². The summed E-state index contributed by atoms with van der Waals surface area (Å²) in [6.07, 6.45) is 0. The molecule has 16 heavy (non-hydrogen) atoms. The Morgan fingerprint density at radius 1 is 1.50 bits per heavy atom. The zero-order valence-electron chi connectivity index (χ0n) is 9.67. The van der Waals surface area contributed by atoms with Crippen LogP contribution in [0.3, 0.4) is 0 Å². The number of rotatable bonds is 5. The van der Waals surface area contributed by atoms with Crippen molar-refractivity contribution in [3.8, 4) is 0 Å². The van der Waals surface area contributed by atoms with Crippen molar-refractivity contribution in [2.24, 2.45) is 0 Å². The fraction of sp³-hybridized carbons (Fsp3) is 0.600. The average molecular weight is 247 g/mol. The molecule has 0 fully saturated rings. The molecule has 0 saturated heterocycles. The molecule has 1 rings (SSSR count). The van der Waals surface area contributed by atoms with Gasteiger partial charge in [0.1, 0.15) is 11.5 Å². The van der Waals surface area contributed by atoms with Gasteiger partial charge in [0.15, 0.2) is 0 Å². The van der Waals surface area contributed by atoms with E-state index in [-0.39, 0.29) is 13.2 Å². The Labute approximate surface area is 95.7 Å². The molecule has 5 nitrogen and oxygen atoms in total. The molecule has 1 N–H and O–H groups in total. The average Bonchev–Trinajstić information content (AvgIpc) is 2.62. The molecular formula is C10H17NO4S. The molecule has 1 heterocycles. The van der Waals surface area contributed by atoms with Crippen LogP contribution in [-0.2, 0) is 16.6 Å². The quantitative estimate of drug-likeness (QED) is 0.832. The molecule has 1 unspecified atom stereocenters. The van der Waals surface area contributed by atoms with Gasteiger partial charge in [-0.15, -0.1) is 0 Å². The van der Waals surface area contributed by atoms with E-state index in [1.54, 1.807) is 19.1 Å². The molecule has 0 radical (unpaired) electrons. The fourth-order valence-electron chi connectivity index (χ4n) is 1.28. The molecule has 0 saturated carbocycles. The lowest BCUT2D eigenvalue weighted by atomic mass is 10.4. The highest BCUT2D eigenvalue weighted by Crippen LogP contribution is 2.13. The zero-order valence-corrected chi connectivity index (χ0v) is 10.5. The minimum atomic E-state index is -3.45. The largest absolute Gasteiger partial charge is 0.465 e. The third kappa shape index (κ3) is 2.84. The highest BCUT2D eigenvalue weighted by Gasteiger charge is 2.25. The Kier molecular flexibility index (Phi) is 4.12. The van der Waals surface area contributed by atoms with Crippen molar-refractivity contribution < 1.29 is 17.9 Å². The van der Waals surface area contributed by atoms with E-state index in [0.29, 0.717) is 5.76 Å². The topological polar surface area (TPSA) is 70.8 Å². The number of aliphatic hydroxyl groups is 1. The Bertz CT molecular complexity index is 437. The van der Waals surface area contributed by atoms with Gasteiger partial charge in [-0.1, -0.05) is 0 Å². The fourth-order valence-corrected chi connectivity index (χ4v) is 2.39. The molecule has 1 atom stereocenters. The molecule has 0 aliphatic carbocycles. The minimum Gasteiger partial charge on any atom is -0.465 e. The van der Waals surface area contributed by atoms with Crippen molar-refractivity contribution in [1.82, 2.24) is 4.31 Å². The maximum absolute atomic E-state index is 11.8. The number of nitrogens with zero attached hydrogens (tertiary/aromatic N) is 1. The van der Waals surface area contributed by atoms with Crippen LogP contribution in [0.4, 0.5) is 0 Å². The molecule has 6 heteroatoms. The van der Waals surface area contributed by atoms with Crippen LogP contribution < -0.4 is 0 Å². The Morgan fingerprint density at radius 2 is 2.12 bits per heavy atom. The van der Waals surface area contributed by atoms with Crippen LogP contribution in [0.2, 0.25) is 0 Å². The zero-order chi connectivity index (χ0) is 12.3. The summed E-state index contributed by atoms with van der Waals surface area (Å²) in [5.74, 6) is 1.34. The van der Waals surface area contributed by atoms with Gasteiger partial charge in [-0.2, -0.15) is 4.31 Å². The van der Waals surface area contributed by atoms with Crippen molar-refractivity contribution in [2.45, 2.75) is 25.6 Å². The van der Waals surface area contributed by atoms with Gasteiger partial charge in [-0.3, -0.25) is 0 Å². The van der Waals surface area contributed by atoms with Gasteiger partial charge in [0.25, 0.3) is 0 Å². The lowest BCUT2D eigenvalue weighted by Gasteiger charge is -2.19. The van der Waals surface area contributed by atoms with Crippen LogP contribution in [0, 0.1) is 6.92 Å². The standard InChI is InChI=1S/C10H17NO4S/c1-8-4-5-10(15-8)6-11(3)16(13,14)9(2)7-12/h4-5,9,12H,6-7H2,1-3H3. The number of aliphatic hydroxyl groups excluding tert-OH is 1. The minimum absolute atomic E-state index is 0.181. The maximum Gasteiger partial charge on any atom is 0.219 e. The maximum atomic E-state index is 11.8. The molecule has 0 aliphatic heterocycles. The second kappa shape index (κ2) is 4.99. The van der Waals surface area contributed by atoms with Crippen molar-refractivity contribution in [2.75, 3.05) is 13.7 Å². The normalized spacial score (nSPS) is 14.3. The van der Waals surface area contributed by atoms with Gasteiger partial charge in [0, 0.05) is 7.05 Å². The molecule has 0 aliphatic rings. The highest BCUT2D eigenvalue weighted by molar-refractivity contribution is 7.89. The van der Waals surface area contributed by atoms with E-state index in [0.717, 1.165) is 5.76 Å². The predicted octanol–water partition coefficient (Wildman–Crippen LogP) is 0.730. The van der Waals surface area contributed by atoms with Crippen molar-refractivity contribution in [3.05, 3.63) is 23.7 Å². The first kappa shape index (κ1) is 13.2. The van der Waals surface area contributed by atoms with E-state index in [9.17, 15) is 8.42 Å². The van der Waals surface area contributed by atoms with Crippen LogP contribution in [-0.4, -0.2) is 36.7 Å². The number of aryl methyl sites for hydroxylation is 1. The van der Waals surface area contributed by atoms with Gasteiger partial charge in [0.05, 0.1) is 18.4 Å². The van der Waals surface area contributed by atoms with Crippen molar-refractivity contribution in [3.63, 3.8) is 0 Å². The molecule has 1 aromatic heterocycles. The van der Waals surface area contributed by atoms with Gasteiger partial charge in [-0.05, 0) is 26.0 Å². The van der Waals surface area contributed by atoms with E-state index in [4.69, 9.17) is 9.52 Å². The van der Waals surface area contributed by atoms with E-state index >= 15 is 0 Å². The summed E-state index contributed by atoms with van der Waals surface area (Å²) < 4.78 is 30.1. The van der Waals surface area contributed by atoms with E-state index in [1.165, 1.54) is 18.3 Å². The number of hydrogen-bond donors (Lipinski definition) is 1. The summed E-state index contributed by atoms with van der Waals surface area (Å²) in [5, 5.41) is 8.06. The smallest absolute Gasteiger partial charge is 0.219 e. The van der Waals surface area contributed by atoms with Gasteiger partial charge < -0.3 is 9.52 Å². The summed E-state index contributed by atoms with van der Waals surface area (Å²) in [7, 11) is -1.98. The number of sulfonamides is 1. The van der Waals surface area contributed by atoms with Crippen molar-refractivity contribution >= 4 is 10.0 Å². The summed E-state index contributed by atoms with van der Waals surface area (Å²) in [6.45, 7) is 3.07. The van der Waals surface area contributed by atoms with Crippen LogP contribution in [0.5, 0.6) is 0 Å². The van der Waals surface area contributed by atoms with Crippen molar-refractivity contribution in [1.29, 1.82) is 0 Å². The number of hydrogen-bond acceptors (Lipinski definition) is 4. The molecule has 0 amide bonds. The van der Waals surface area contributed by atoms with Gasteiger partial charge in [0.2, 0.25) is 10.0 Å². The van der Waals surface area contributed by atoms with Crippen LogP contribution in [0.15, 0.2) is 16.5 Å². The monoisotopic (exact) mass is 247 g/mol. The predicted molar refractivity (Wildman–Crippen MR) is 60.4 cm³/mol. The molecule has 92 valence electrons. The third-order valence-electron chi connectivity index (χ3n) is 2.37. The lowest BCUT2D eigenvalue weighted by Crippen LogP contribution is -2.35. The summed E-state index contributed by atoms with van der Waals surface area (Å²) in [5.41, 5.74) is 0. The third-order valence-corrected chi connectivity index (χ3v) is 4.54. The van der Waals surface area contributed by atoms with Gasteiger partial charge >= 0.3 is 0 Å². The highest BCUT2D eigenvalue weighted by atomic mass is 32.2. The Balaban J connectivity index is 2.76. The lowest BCUT2D eigenvalue weighted by molar-refractivity contribution is 0.289. The van der Waals surface area contributed by atoms with E-state index in [2.05, 4.69) is 0 Å². The Hall–Kier alpha value is -0.850. The summed E-state index contributed by atoms with van der Waals surface area (Å²) in [4.78, 5) is 0. The van der Waals surface area contributed by atoms with E-state index in [1.807, 2.05) is 0 Å². The SMILES string of the molecule is Cc1ccc(CN(C)S(=O)(=O)C(C)CO)o1. The first-order chi connectivity index (χ1) is 7.37. The molecular weight excluding hydrogens is 230 g/mol. The molecule has 0 spiro atoms. The first-order valence-electron chi connectivity index (χ1n) is 4.99. The van der Waals surface area contributed by atoms with Crippen LogP contribution in [0.25, 0.3) is 0 Å². The van der Waals surface area contributed by atoms with Crippen LogP contribution >= 0.6 is 0 Å². The molecule has 0 bridgehead atoms. The second-order valence-electron chi connectivity index (χ2n) is 3.81. The summed E-state index contributed by atoms with van der Waals surface area (Å²) >= 11 is 0.